The molecule has 0 aliphatic heterocycles. The summed E-state index contributed by atoms with van der Waals surface area (Å²) in [6.45, 7) is 5.76. The molecule has 0 amide bonds. The first-order chi connectivity index (χ1) is 5.66. The molecule has 0 saturated carbocycles. The lowest BCUT2D eigenvalue weighted by molar-refractivity contribution is 0.407. The van der Waals surface area contributed by atoms with Crippen LogP contribution >= 0.6 is 0 Å². The van der Waals surface area contributed by atoms with Crippen LogP contribution in [-0.2, 0) is 6.42 Å². The zero-order valence-corrected chi connectivity index (χ0v) is 7.71. The molecule has 12 heavy (non-hydrogen) atoms. The first-order valence-electron chi connectivity index (χ1n) is 4.26. The Hall–Kier alpha value is -0.930. The summed E-state index contributed by atoms with van der Waals surface area (Å²) >= 11 is 0. The van der Waals surface area contributed by atoms with Crippen molar-refractivity contribution < 1.29 is 4.39 Å². The van der Waals surface area contributed by atoms with Crippen LogP contribution < -0.4 is 0 Å². The van der Waals surface area contributed by atoms with Crippen molar-refractivity contribution in [2.75, 3.05) is 0 Å². The predicted molar refractivity (Wildman–Crippen MR) is 44.4 cm³/mol. The maximum Gasteiger partial charge on any atom is 0.235 e. The fraction of sp³-hybridized carbons (Fsp3) is 0.750. The molecule has 0 radical (unpaired) electrons. The molecule has 3 nitrogen and oxygen atoms in total. The summed E-state index contributed by atoms with van der Waals surface area (Å²) in [5, 5.41) is 7.49. The molecule has 0 unspecified atom stereocenters. The van der Waals surface area contributed by atoms with Crippen LogP contribution in [-0.4, -0.2) is 15.0 Å². The Labute approximate surface area is 71.6 Å². The fourth-order valence-electron chi connectivity index (χ4n) is 1.03. The SMILES string of the molecule is CCCc1nnn(C(C)C)c1F. The summed E-state index contributed by atoms with van der Waals surface area (Å²) in [5.74, 6) is -0.285. The number of halogens is 1. The smallest absolute Gasteiger partial charge is 0.217 e. The Balaban J connectivity index is 2.88. The molecular weight excluding hydrogens is 157 g/mol. The number of hydrogen-bond donors (Lipinski definition) is 0. The van der Waals surface area contributed by atoms with E-state index in [0.717, 1.165) is 6.42 Å². The molecule has 1 heterocycles. The molecule has 0 spiro atoms. The van der Waals surface area contributed by atoms with E-state index in [1.165, 1.54) is 4.68 Å². The van der Waals surface area contributed by atoms with Crippen LogP contribution in [0.1, 0.15) is 38.9 Å². The fourth-order valence-corrected chi connectivity index (χ4v) is 1.03. The second kappa shape index (κ2) is 3.65. The molecular formula is C8H14FN3. The number of aryl methyl sites for hydroxylation is 1. The molecule has 1 rings (SSSR count). The van der Waals surface area contributed by atoms with E-state index in [-0.39, 0.29) is 12.0 Å². The Morgan fingerprint density at radius 1 is 1.50 bits per heavy atom. The van der Waals surface area contributed by atoms with Crippen molar-refractivity contribution in [1.29, 1.82) is 0 Å². The molecule has 0 saturated heterocycles. The van der Waals surface area contributed by atoms with Crippen LogP contribution in [0.15, 0.2) is 0 Å². The zero-order chi connectivity index (χ0) is 9.14. The van der Waals surface area contributed by atoms with Crippen LogP contribution in [0.25, 0.3) is 0 Å². The van der Waals surface area contributed by atoms with Crippen molar-refractivity contribution >= 4 is 0 Å². The Kier molecular flexibility index (Phi) is 2.78. The summed E-state index contributed by atoms with van der Waals surface area (Å²) in [5.41, 5.74) is 0.478. The highest BCUT2D eigenvalue weighted by Crippen LogP contribution is 2.10. The molecule has 0 aromatic carbocycles. The van der Waals surface area contributed by atoms with Gasteiger partial charge in [-0.1, -0.05) is 18.6 Å². The van der Waals surface area contributed by atoms with E-state index in [4.69, 9.17) is 0 Å². The summed E-state index contributed by atoms with van der Waals surface area (Å²) < 4.78 is 14.6. The van der Waals surface area contributed by atoms with Gasteiger partial charge in [-0.2, -0.15) is 4.39 Å². The van der Waals surface area contributed by atoms with Gasteiger partial charge in [-0.05, 0) is 20.3 Å². The maximum atomic E-state index is 13.3. The Morgan fingerprint density at radius 3 is 2.58 bits per heavy atom. The highest BCUT2D eigenvalue weighted by Gasteiger charge is 2.12. The van der Waals surface area contributed by atoms with Gasteiger partial charge in [0, 0.05) is 0 Å². The van der Waals surface area contributed by atoms with E-state index >= 15 is 0 Å². The van der Waals surface area contributed by atoms with Crippen molar-refractivity contribution in [3.8, 4) is 0 Å². The molecule has 0 N–H and O–H groups in total. The predicted octanol–water partition coefficient (Wildman–Crippen LogP) is 1.95. The minimum Gasteiger partial charge on any atom is -0.217 e. The second-order valence-electron chi connectivity index (χ2n) is 3.12. The number of aromatic nitrogens is 3. The zero-order valence-electron chi connectivity index (χ0n) is 7.71. The van der Waals surface area contributed by atoms with Gasteiger partial charge in [0.05, 0.1) is 6.04 Å². The van der Waals surface area contributed by atoms with Gasteiger partial charge in [0.15, 0.2) is 0 Å². The van der Waals surface area contributed by atoms with Gasteiger partial charge in [0.2, 0.25) is 5.95 Å². The monoisotopic (exact) mass is 171 g/mol. The van der Waals surface area contributed by atoms with Gasteiger partial charge < -0.3 is 0 Å². The third-order valence-corrected chi connectivity index (χ3v) is 1.68. The van der Waals surface area contributed by atoms with Crippen LogP contribution in [0.4, 0.5) is 4.39 Å². The summed E-state index contributed by atoms with van der Waals surface area (Å²) in [7, 11) is 0. The molecule has 1 aromatic rings. The lowest BCUT2D eigenvalue weighted by atomic mass is 10.3. The standard InChI is InChI=1S/C8H14FN3/c1-4-5-7-8(9)12(6(2)3)11-10-7/h6H,4-5H2,1-3H3. The molecule has 0 aliphatic rings. The third kappa shape index (κ3) is 1.62. The van der Waals surface area contributed by atoms with E-state index in [1.54, 1.807) is 0 Å². The van der Waals surface area contributed by atoms with Gasteiger partial charge >= 0.3 is 0 Å². The number of rotatable bonds is 3. The van der Waals surface area contributed by atoms with Gasteiger partial charge in [-0.25, -0.2) is 4.68 Å². The van der Waals surface area contributed by atoms with Crippen molar-refractivity contribution in [2.24, 2.45) is 0 Å². The third-order valence-electron chi connectivity index (χ3n) is 1.68. The lowest BCUT2D eigenvalue weighted by Crippen LogP contribution is -2.06. The van der Waals surface area contributed by atoms with E-state index in [9.17, 15) is 4.39 Å². The topological polar surface area (TPSA) is 30.7 Å². The van der Waals surface area contributed by atoms with Crippen LogP contribution in [0.2, 0.25) is 0 Å². The van der Waals surface area contributed by atoms with Crippen LogP contribution in [0.3, 0.4) is 0 Å². The normalized spacial score (nSPS) is 11.1. The van der Waals surface area contributed by atoms with Gasteiger partial charge in [-0.3, -0.25) is 0 Å². The molecule has 4 heteroatoms. The van der Waals surface area contributed by atoms with Crippen molar-refractivity contribution in [2.45, 2.75) is 39.7 Å². The number of nitrogens with zero attached hydrogens (tertiary/aromatic N) is 3. The maximum absolute atomic E-state index is 13.3. The first-order valence-corrected chi connectivity index (χ1v) is 4.26. The highest BCUT2D eigenvalue weighted by atomic mass is 19.1. The Morgan fingerprint density at radius 2 is 2.17 bits per heavy atom. The van der Waals surface area contributed by atoms with Crippen LogP contribution in [0, 0.1) is 5.95 Å². The molecule has 0 fully saturated rings. The van der Waals surface area contributed by atoms with Crippen LogP contribution in [0.5, 0.6) is 0 Å². The number of hydrogen-bond acceptors (Lipinski definition) is 2. The first kappa shape index (κ1) is 9.16. The second-order valence-corrected chi connectivity index (χ2v) is 3.12. The average Bonchev–Trinajstić information content (AvgIpc) is 2.34. The van der Waals surface area contributed by atoms with Gasteiger partial charge in [0.1, 0.15) is 5.69 Å². The molecule has 68 valence electrons. The summed E-state index contributed by atoms with van der Waals surface area (Å²) in [6.07, 6.45) is 1.56. The van der Waals surface area contributed by atoms with Crippen molar-refractivity contribution in [1.82, 2.24) is 15.0 Å². The largest absolute Gasteiger partial charge is 0.235 e. The summed E-state index contributed by atoms with van der Waals surface area (Å²) in [6, 6.07) is 0.0445. The van der Waals surface area contributed by atoms with Gasteiger partial charge in [0.25, 0.3) is 0 Å². The van der Waals surface area contributed by atoms with Gasteiger partial charge in [-0.15, -0.1) is 5.10 Å². The molecule has 0 atom stereocenters. The van der Waals surface area contributed by atoms with E-state index < -0.39 is 0 Å². The minimum absolute atomic E-state index is 0.0445. The quantitative estimate of drug-likeness (QED) is 0.696. The molecule has 0 aliphatic carbocycles. The highest BCUT2D eigenvalue weighted by molar-refractivity contribution is 4.96. The van der Waals surface area contributed by atoms with E-state index in [1.807, 2.05) is 20.8 Å². The summed E-state index contributed by atoms with van der Waals surface area (Å²) in [4.78, 5) is 0. The van der Waals surface area contributed by atoms with E-state index in [2.05, 4.69) is 10.3 Å². The van der Waals surface area contributed by atoms with Crippen molar-refractivity contribution in [3.63, 3.8) is 0 Å². The van der Waals surface area contributed by atoms with Crippen molar-refractivity contribution in [3.05, 3.63) is 11.6 Å². The average molecular weight is 171 g/mol. The Bertz CT molecular complexity index is 255. The molecule has 0 bridgehead atoms. The minimum atomic E-state index is -0.285. The lowest BCUT2D eigenvalue weighted by Gasteiger charge is -2.03. The molecule has 1 aromatic heterocycles. The van der Waals surface area contributed by atoms with E-state index in [0.29, 0.717) is 12.1 Å².